The summed E-state index contributed by atoms with van der Waals surface area (Å²) in [5.74, 6) is -0.376. The Morgan fingerprint density at radius 2 is 1.43 bits per heavy atom. The molecule has 0 saturated carbocycles. The van der Waals surface area contributed by atoms with Crippen molar-refractivity contribution in [3.63, 3.8) is 0 Å². The van der Waals surface area contributed by atoms with Gasteiger partial charge in [0.15, 0.2) is 0 Å². The lowest BCUT2D eigenvalue weighted by molar-refractivity contribution is -0.133. The van der Waals surface area contributed by atoms with Gasteiger partial charge in [-0.3, -0.25) is 14.4 Å². The smallest absolute Gasteiger partial charge is 0.293 e. The number of benzene rings is 2. The van der Waals surface area contributed by atoms with Crippen LogP contribution in [0.3, 0.4) is 0 Å². The molecular weight excluding hydrogens is 374 g/mol. The Hall–Kier alpha value is -2.80. The number of carbonyl (C=O) groups is 3. The first kappa shape index (κ1) is 18.6. The van der Waals surface area contributed by atoms with Crippen molar-refractivity contribution in [3.05, 3.63) is 60.7 Å². The molecule has 2 aromatic rings. The molecule has 0 unspecified atom stereocenters. The third kappa shape index (κ3) is 3.75. The van der Waals surface area contributed by atoms with Gasteiger partial charge in [-0.15, -0.1) is 0 Å². The first-order chi connectivity index (χ1) is 13.6. The van der Waals surface area contributed by atoms with E-state index in [4.69, 9.17) is 0 Å². The number of anilines is 2. The molecule has 0 N–H and O–H groups in total. The number of imide groups is 1. The maximum absolute atomic E-state index is 12.7. The van der Waals surface area contributed by atoms with Gasteiger partial charge in [-0.05, 0) is 36.0 Å². The van der Waals surface area contributed by atoms with Crippen molar-refractivity contribution in [1.82, 2.24) is 4.90 Å². The van der Waals surface area contributed by atoms with Crippen LogP contribution in [0.5, 0.6) is 0 Å². The van der Waals surface area contributed by atoms with Gasteiger partial charge in [-0.25, -0.2) is 4.90 Å². The van der Waals surface area contributed by atoms with Gasteiger partial charge in [-0.2, -0.15) is 0 Å². The number of para-hydroxylation sites is 2. The Morgan fingerprint density at radius 3 is 2.04 bits per heavy atom. The SMILES string of the molecule is O=C(C[C@@H]1SC(=O)N(c2ccccc2)C1=O)N1CCN(c2ccccc2)CC1. The highest BCUT2D eigenvalue weighted by molar-refractivity contribution is 8.15. The molecule has 4 rings (SSSR count). The molecule has 2 aliphatic heterocycles. The molecule has 6 nitrogen and oxygen atoms in total. The zero-order valence-electron chi connectivity index (χ0n) is 15.4. The molecule has 2 aromatic carbocycles. The summed E-state index contributed by atoms with van der Waals surface area (Å²) in [7, 11) is 0. The van der Waals surface area contributed by atoms with Crippen LogP contribution in [0.1, 0.15) is 6.42 Å². The number of piperazine rings is 1. The van der Waals surface area contributed by atoms with Crippen LogP contribution < -0.4 is 9.80 Å². The van der Waals surface area contributed by atoms with Crippen molar-refractivity contribution >= 4 is 40.2 Å². The Bertz CT molecular complexity index is 867. The molecule has 0 aromatic heterocycles. The van der Waals surface area contributed by atoms with Crippen LogP contribution in [0.15, 0.2) is 60.7 Å². The molecule has 28 heavy (non-hydrogen) atoms. The van der Waals surface area contributed by atoms with Crippen molar-refractivity contribution in [2.24, 2.45) is 0 Å². The van der Waals surface area contributed by atoms with Crippen LogP contribution in [0.2, 0.25) is 0 Å². The van der Waals surface area contributed by atoms with Crippen molar-refractivity contribution in [2.75, 3.05) is 36.0 Å². The zero-order chi connectivity index (χ0) is 19.5. The van der Waals surface area contributed by atoms with E-state index in [1.54, 1.807) is 29.2 Å². The summed E-state index contributed by atoms with van der Waals surface area (Å²) in [5.41, 5.74) is 1.71. The third-order valence-corrected chi connectivity index (χ3v) is 6.09. The monoisotopic (exact) mass is 395 g/mol. The lowest BCUT2D eigenvalue weighted by Crippen LogP contribution is -2.49. The van der Waals surface area contributed by atoms with Crippen LogP contribution in [0.4, 0.5) is 16.2 Å². The van der Waals surface area contributed by atoms with Crippen molar-refractivity contribution in [3.8, 4) is 0 Å². The second-order valence-corrected chi connectivity index (χ2v) is 7.94. The lowest BCUT2D eigenvalue weighted by Gasteiger charge is -2.36. The number of rotatable bonds is 4. The Morgan fingerprint density at radius 1 is 0.857 bits per heavy atom. The van der Waals surface area contributed by atoms with Crippen molar-refractivity contribution < 1.29 is 14.4 Å². The lowest BCUT2D eigenvalue weighted by atomic mass is 10.2. The topological polar surface area (TPSA) is 60.9 Å². The number of hydrogen-bond donors (Lipinski definition) is 0. The first-order valence-electron chi connectivity index (χ1n) is 9.31. The minimum Gasteiger partial charge on any atom is -0.368 e. The van der Waals surface area contributed by atoms with Crippen molar-refractivity contribution in [1.29, 1.82) is 0 Å². The Kier molecular flexibility index (Phi) is 5.34. The highest BCUT2D eigenvalue weighted by Crippen LogP contribution is 2.33. The number of carbonyl (C=O) groups excluding carboxylic acids is 3. The highest BCUT2D eigenvalue weighted by Gasteiger charge is 2.42. The van der Waals surface area contributed by atoms with Crippen LogP contribution in [-0.4, -0.2) is 53.4 Å². The molecular formula is C21H21N3O3S. The summed E-state index contributed by atoms with van der Waals surface area (Å²) in [6.45, 7) is 2.76. The summed E-state index contributed by atoms with van der Waals surface area (Å²) in [6, 6.07) is 19.0. The maximum Gasteiger partial charge on any atom is 0.293 e. The molecule has 2 saturated heterocycles. The van der Waals surface area contributed by atoms with Gasteiger partial charge in [0.05, 0.1) is 5.69 Å². The van der Waals surface area contributed by atoms with Gasteiger partial charge >= 0.3 is 0 Å². The van der Waals surface area contributed by atoms with Crippen LogP contribution in [0, 0.1) is 0 Å². The van der Waals surface area contributed by atoms with Crippen LogP contribution >= 0.6 is 11.8 Å². The molecule has 2 heterocycles. The van der Waals surface area contributed by atoms with Gasteiger partial charge in [0.2, 0.25) is 11.8 Å². The highest BCUT2D eigenvalue weighted by atomic mass is 32.2. The number of amides is 3. The van der Waals surface area contributed by atoms with Crippen LogP contribution in [-0.2, 0) is 9.59 Å². The molecule has 3 amide bonds. The van der Waals surface area contributed by atoms with E-state index in [1.165, 1.54) is 4.90 Å². The second kappa shape index (κ2) is 8.06. The number of thioether (sulfide) groups is 1. The standard InChI is InChI=1S/C21H21N3O3S/c25-19(23-13-11-22(12-14-23)16-7-3-1-4-8-16)15-18-20(26)24(21(27)28-18)17-9-5-2-6-10-17/h1-10,18H,11-15H2/t18-/m0/s1. The summed E-state index contributed by atoms with van der Waals surface area (Å²) < 4.78 is 0. The Labute approximate surface area is 168 Å². The van der Waals surface area contributed by atoms with E-state index in [2.05, 4.69) is 17.0 Å². The zero-order valence-corrected chi connectivity index (χ0v) is 16.2. The van der Waals surface area contributed by atoms with E-state index >= 15 is 0 Å². The summed E-state index contributed by atoms with van der Waals surface area (Å²) in [6.07, 6.45) is 0.0594. The molecule has 2 fully saturated rings. The summed E-state index contributed by atoms with van der Waals surface area (Å²) in [5, 5.41) is -0.963. The summed E-state index contributed by atoms with van der Waals surface area (Å²) in [4.78, 5) is 42.9. The maximum atomic E-state index is 12.7. The Balaban J connectivity index is 1.34. The number of nitrogens with zero attached hydrogens (tertiary/aromatic N) is 3. The fourth-order valence-electron chi connectivity index (χ4n) is 3.54. The molecule has 2 aliphatic rings. The quantitative estimate of drug-likeness (QED) is 0.797. The first-order valence-corrected chi connectivity index (χ1v) is 10.2. The van der Waals surface area contributed by atoms with Crippen molar-refractivity contribution in [2.45, 2.75) is 11.7 Å². The van der Waals surface area contributed by atoms with E-state index < -0.39 is 5.25 Å². The molecule has 0 aliphatic carbocycles. The van der Waals surface area contributed by atoms with Gasteiger partial charge in [-0.1, -0.05) is 36.4 Å². The van der Waals surface area contributed by atoms with E-state index in [0.717, 1.165) is 30.5 Å². The molecule has 0 radical (unpaired) electrons. The van der Waals surface area contributed by atoms with Crippen LogP contribution in [0.25, 0.3) is 0 Å². The molecule has 144 valence electrons. The van der Waals surface area contributed by atoms with E-state index in [-0.39, 0.29) is 23.5 Å². The normalized spacial score (nSPS) is 20.0. The van der Waals surface area contributed by atoms with Gasteiger partial charge < -0.3 is 9.80 Å². The third-order valence-electron chi connectivity index (χ3n) is 5.05. The molecule has 0 spiro atoms. The fraction of sp³-hybridized carbons (Fsp3) is 0.286. The van der Waals surface area contributed by atoms with Gasteiger partial charge in [0.25, 0.3) is 5.24 Å². The predicted molar refractivity (Wildman–Crippen MR) is 111 cm³/mol. The van der Waals surface area contributed by atoms with E-state index in [9.17, 15) is 14.4 Å². The average molecular weight is 395 g/mol. The fourth-order valence-corrected chi connectivity index (χ4v) is 4.51. The van der Waals surface area contributed by atoms with Gasteiger partial charge in [0.1, 0.15) is 5.25 Å². The molecule has 7 heteroatoms. The second-order valence-electron chi connectivity index (χ2n) is 6.79. The average Bonchev–Trinajstić information content (AvgIpc) is 3.02. The molecule has 1 atom stereocenters. The van der Waals surface area contributed by atoms with E-state index in [0.29, 0.717) is 18.8 Å². The van der Waals surface area contributed by atoms with E-state index in [1.807, 2.05) is 24.3 Å². The van der Waals surface area contributed by atoms with Gasteiger partial charge in [0, 0.05) is 38.3 Å². The minimum atomic E-state index is -0.646. The molecule has 0 bridgehead atoms. The minimum absolute atomic E-state index is 0.0594. The number of hydrogen-bond acceptors (Lipinski definition) is 5. The predicted octanol–water partition coefficient (Wildman–Crippen LogP) is 2.99. The summed E-state index contributed by atoms with van der Waals surface area (Å²) >= 11 is 0.946. The largest absolute Gasteiger partial charge is 0.368 e.